The molecule has 3 aliphatic heterocycles. The number of aliphatic hydroxyl groups is 11. The van der Waals surface area contributed by atoms with Crippen molar-refractivity contribution in [3.05, 3.63) is 0 Å². The molecule has 0 radical (unpaired) electrons. The molecule has 0 spiro atoms. The van der Waals surface area contributed by atoms with Crippen molar-refractivity contribution in [2.75, 3.05) is 26.4 Å². The van der Waals surface area contributed by atoms with Crippen LogP contribution in [0.5, 0.6) is 0 Å². The van der Waals surface area contributed by atoms with Gasteiger partial charge in [-0.25, -0.2) is 0 Å². The van der Waals surface area contributed by atoms with Crippen LogP contribution in [0.2, 0.25) is 0 Å². The lowest BCUT2D eigenvalue weighted by Gasteiger charge is -2.48. The SMILES string of the molecule is CCCCCCCCCCCCCCCCCCCCCCCCCCCCCCCCCCCCC(=O)NC(COC1OC(CO)C(OC2OC(CO)C(OC3OC(CO)C(O)C(O)C3O)C(O)C2O)C(O)C1O)C(O)CCCCC. The zero-order valence-corrected chi connectivity index (χ0v) is 51.0. The Hall–Kier alpha value is -1.21. The lowest BCUT2D eigenvalue weighted by molar-refractivity contribution is -0.379. The summed E-state index contributed by atoms with van der Waals surface area (Å²) >= 11 is 0. The van der Waals surface area contributed by atoms with Crippen molar-refractivity contribution in [3.8, 4) is 0 Å². The number of nitrogens with one attached hydrogen (secondary N) is 1. The Morgan fingerprint density at radius 3 is 1.06 bits per heavy atom. The highest BCUT2D eigenvalue weighted by Gasteiger charge is 2.53. The highest BCUT2D eigenvalue weighted by atomic mass is 16.8. The molecule has 3 aliphatic rings. The van der Waals surface area contributed by atoms with Gasteiger partial charge in [0.25, 0.3) is 0 Å². The van der Waals surface area contributed by atoms with Gasteiger partial charge in [0, 0.05) is 6.42 Å². The molecule has 0 aromatic carbocycles. The van der Waals surface area contributed by atoms with E-state index in [9.17, 15) is 61.0 Å². The lowest BCUT2D eigenvalue weighted by Crippen LogP contribution is -2.66. The fourth-order valence-corrected chi connectivity index (χ4v) is 11.7. The molecular formula is C63H121NO18. The largest absolute Gasteiger partial charge is 0.394 e. The molecule has 3 fully saturated rings. The van der Waals surface area contributed by atoms with E-state index in [-0.39, 0.29) is 18.9 Å². The number of carbonyl (C=O) groups excluding carboxylic acids is 1. The van der Waals surface area contributed by atoms with E-state index in [4.69, 9.17) is 28.4 Å². The van der Waals surface area contributed by atoms with E-state index in [1.54, 1.807) is 0 Å². The highest BCUT2D eigenvalue weighted by Crippen LogP contribution is 2.33. The summed E-state index contributed by atoms with van der Waals surface area (Å²) in [6.07, 6.45) is 22.3. The summed E-state index contributed by atoms with van der Waals surface area (Å²) in [5.41, 5.74) is 0. The molecule has 0 aliphatic carbocycles. The summed E-state index contributed by atoms with van der Waals surface area (Å²) in [6, 6.07) is -0.877. The molecule has 19 nitrogen and oxygen atoms in total. The van der Waals surface area contributed by atoms with E-state index in [1.807, 2.05) is 6.92 Å². The second kappa shape index (κ2) is 46.9. The zero-order chi connectivity index (χ0) is 59.7. The van der Waals surface area contributed by atoms with Crippen molar-refractivity contribution < 1.29 is 89.4 Å². The first-order valence-electron chi connectivity index (χ1n) is 33.3. The number of amides is 1. The third-order valence-corrected chi connectivity index (χ3v) is 17.2. The molecule has 17 unspecified atom stereocenters. The second-order valence-corrected chi connectivity index (χ2v) is 24.3. The molecule has 0 aromatic rings. The number of carbonyl (C=O) groups is 1. The zero-order valence-electron chi connectivity index (χ0n) is 51.0. The molecule has 1 amide bonds. The molecule has 12 N–H and O–H groups in total. The van der Waals surface area contributed by atoms with Crippen LogP contribution in [0.25, 0.3) is 0 Å². The molecule has 19 heteroatoms. The van der Waals surface area contributed by atoms with Gasteiger partial charge in [-0.1, -0.05) is 245 Å². The molecule has 3 rings (SSSR count). The molecule has 3 heterocycles. The predicted octanol–water partition coefficient (Wildman–Crippen LogP) is 7.55. The molecule has 486 valence electrons. The van der Waals surface area contributed by atoms with Gasteiger partial charge in [-0.2, -0.15) is 0 Å². The monoisotopic (exact) mass is 1180 g/mol. The standard InChI is InChI=1S/C63H121NO18/c1-3-5-7-8-9-10-11-12-13-14-15-16-17-18-19-20-21-22-23-24-25-26-27-28-29-30-31-32-33-34-35-36-37-39-41-51(69)64-46(47(68)40-38-6-4-2)45-77-61-57(75)54(72)59(49(43-66)79-61)82-63-58(76)55(73)60(50(44-67)80-63)81-62-56(74)53(71)52(70)48(42-65)78-62/h46-50,52-63,65-68,70-76H,3-45H2,1-2H3,(H,64,69). The third kappa shape index (κ3) is 29.7. The average Bonchev–Trinajstić information content (AvgIpc) is 3.51. The van der Waals surface area contributed by atoms with Gasteiger partial charge in [0.05, 0.1) is 38.6 Å². The Kier molecular flexibility index (Phi) is 42.9. The van der Waals surface area contributed by atoms with Crippen LogP contribution in [0.3, 0.4) is 0 Å². The topological polar surface area (TPSA) is 307 Å². The number of hydrogen-bond donors (Lipinski definition) is 12. The van der Waals surface area contributed by atoms with Crippen molar-refractivity contribution in [2.24, 2.45) is 0 Å². The first-order valence-corrected chi connectivity index (χ1v) is 33.3. The van der Waals surface area contributed by atoms with Gasteiger partial charge < -0.3 is 89.9 Å². The number of aliphatic hydroxyl groups excluding tert-OH is 11. The van der Waals surface area contributed by atoms with Crippen LogP contribution >= 0.6 is 0 Å². The van der Waals surface area contributed by atoms with Gasteiger partial charge in [-0.3, -0.25) is 4.79 Å². The van der Waals surface area contributed by atoms with Gasteiger partial charge in [0.2, 0.25) is 5.91 Å². The minimum atomic E-state index is -1.97. The van der Waals surface area contributed by atoms with Gasteiger partial charge in [0.1, 0.15) is 73.2 Å². The molecule has 0 bridgehead atoms. The average molecular weight is 1180 g/mol. The minimum absolute atomic E-state index is 0.249. The van der Waals surface area contributed by atoms with E-state index < -0.39 is 124 Å². The Morgan fingerprint density at radius 1 is 0.390 bits per heavy atom. The summed E-state index contributed by atoms with van der Waals surface area (Å²) in [6.45, 7) is 1.63. The number of ether oxygens (including phenoxy) is 6. The van der Waals surface area contributed by atoms with E-state index in [1.165, 1.54) is 193 Å². The van der Waals surface area contributed by atoms with Gasteiger partial charge in [-0.05, 0) is 12.8 Å². The molecule has 17 atom stereocenters. The molecule has 82 heavy (non-hydrogen) atoms. The van der Waals surface area contributed by atoms with Crippen LogP contribution in [0.4, 0.5) is 0 Å². The van der Waals surface area contributed by atoms with Crippen LogP contribution in [0.1, 0.15) is 264 Å². The van der Waals surface area contributed by atoms with Crippen LogP contribution < -0.4 is 5.32 Å². The van der Waals surface area contributed by atoms with Crippen molar-refractivity contribution in [1.82, 2.24) is 5.32 Å². The Labute approximate surface area is 493 Å². The van der Waals surface area contributed by atoms with Crippen LogP contribution in [0.15, 0.2) is 0 Å². The fraction of sp³-hybridized carbons (Fsp3) is 0.984. The van der Waals surface area contributed by atoms with Crippen molar-refractivity contribution in [1.29, 1.82) is 0 Å². The van der Waals surface area contributed by atoms with E-state index in [0.29, 0.717) is 19.3 Å². The molecular weight excluding hydrogens is 1060 g/mol. The summed E-state index contributed by atoms with van der Waals surface area (Å²) in [7, 11) is 0. The Balaban J connectivity index is 1.22. The third-order valence-electron chi connectivity index (χ3n) is 17.2. The smallest absolute Gasteiger partial charge is 0.220 e. The summed E-state index contributed by atoms with van der Waals surface area (Å²) < 4.78 is 34.1. The summed E-state index contributed by atoms with van der Waals surface area (Å²) in [5, 5.41) is 119. The van der Waals surface area contributed by atoms with Gasteiger partial charge >= 0.3 is 0 Å². The normalized spacial score (nSPS) is 29.5. The Morgan fingerprint density at radius 2 is 0.695 bits per heavy atom. The van der Waals surface area contributed by atoms with Crippen LogP contribution in [0, 0.1) is 0 Å². The number of hydrogen-bond acceptors (Lipinski definition) is 18. The van der Waals surface area contributed by atoms with E-state index >= 15 is 0 Å². The first kappa shape index (κ1) is 75.0. The maximum atomic E-state index is 13.2. The maximum Gasteiger partial charge on any atom is 0.220 e. The van der Waals surface area contributed by atoms with E-state index in [2.05, 4.69) is 12.2 Å². The van der Waals surface area contributed by atoms with E-state index in [0.717, 1.165) is 32.1 Å². The first-order chi connectivity index (χ1) is 39.8. The molecule has 0 aromatic heterocycles. The second-order valence-electron chi connectivity index (χ2n) is 24.3. The molecule has 0 saturated carbocycles. The predicted molar refractivity (Wildman–Crippen MR) is 314 cm³/mol. The number of unbranched alkanes of at least 4 members (excludes halogenated alkanes) is 35. The lowest BCUT2D eigenvalue weighted by atomic mass is 9.96. The molecule has 3 saturated heterocycles. The van der Waals surface area contributed by atoms with Crippen LogP contribution in [-0.4, -0.2) is 193 Å². The summed E-state index contributed by atoms with van der Waals surface area (Å²) in [4.78, 5) is 13.2. The van der Waals surface area contributed by atoms with Crippen molar-refractivity contribution >= 4 is 5.91 Å². The summed E-state index contributed by atoms with van der Waals surface area (Å²) in [5.74, 6) is -0.249. The Bertz CT molecular complexity index is 1500. The maximum absolute atomic E-state index is 13.2. The minimum Gasteiger partial charge on any atom is -0.394 e. The van der Waals surface area contributed by atoms with Crippen molar-refractivity contribution in [3.63, 3.8) is 0 Å². The van der Waals surface area contributed by atoms with Crippen LogP contribution in [-0.2, 0) is 33.2 Å². The highest BCUT2D eigenvalue weighted by molar-refractivity contribution is 5.76. The number of rotatable bonds is 51. The van der Waals surface area contributed by atoms with Gasteiger partial charge in [0.15, 0.2) is 18.9 Å². The van der Waals surface area contributed by atoms with Crippen molar-refractivity contribution in [2.45, 2.75) is 369 Å². The van der Waals surface area contributed by atoms with Gasteiger partial charge in [-0.15, -0.1) is 0 Å². The fourth-order valence-electron chi connectivity index (χ4n) is 11.7. The quantitative estimate of drug-likeness (QED) is 0.0262.